The second kappa shape index (κ2) is 8.19. The Bertz CT molecular complexity index is 927. The van der Waals surface area contributed by atoms with Gasteiger partial charge in [0.15, 0.2) is 0 Å². The van der Waals surface area contributed by atoms with Gasteiger partial charge in [0.05, 0.1) is 6.04 Å². The van der Waals surface area contributed by atoms with Crippen LogP contribution in [0.1, 0.15) is 36.4 Å². The molecule has 2 heterocycles. The summed E-state index contributed by atoms with van der Waals surface area (Å²) in [6, 6.07) is 12.2. The van der Waals surface area contributed by atoms with Gasteiger partial charge in [-0.2, -0.15) is 0 Å². The van der Waals surface area contributed by atoms with Crippen LogP contribution in [0.5, 0.6) is 0 Å². The maximum Gasteiger partial charge on any atom is 0.244 e. The number of nitrogens with zero attached hydrogens (tertiary/aromatic N) is 1. The van der Waals surface area contributed by atoms with E-state index in [0.29, 0.717) is 6.42 Å². The van der Waals surface area contributed by atoms with Crippen LogP contribution < -0.4 is 10.2 Å². The number of hydrogen-bond acceptors (Lipinski definition) is 3. The van der Waals surface area contributed by atoms with Gasteiger partial charge >= 0.3 is 0 Å². The highest BCUT2D eigenvalue weighted by molar-refractivity contribution is 7.99. The van der Waals surface area contributed by atoms with Crippen molar-refractivity contribution in [2.24, 2.45) is 0 Å². The molecular formula is C22H21FN2O2S. The first-order valence-electron chi connectivity index (χ1n) is 9.41. The van der Waals surface area contributed by atoms with Crippen molar-refractivity contribution < 1.29 is 14.0 Å². The molecule has 2 amide bonds. The van der Waals surface area contributed by atoms with Crippen LogP contribution >= 0.6 is 11.8 Å². The zero-order valence-electron chi connectivity index (χ0n) is 15.4. The number of halogens is 1. The minimum absolute atomic E-state index is 0.157. The van der Waals surface area contributed by atoms with Gasteiger partial charge in [0.2, 0.25) is 11.8 Å². The number of amides is 2. The molecule has 2 aliphatic heterocycles. The third-order valence-corrected chi connectivity index (χ3v) is 6.16. The molecule has 0 saturated carbocycles. The maximum atomic E-state index is 13.6. The van der Waals surface area contributed by atoms with Crippen molar-refractivity contribution in [2.45, 2.75) is 30.2 Å². The topological polar surface area (TPSA) is 49.4 Å². The third kappa shape index (κ3) is 4.12. The largest absolute Gasteiger partial charge is 0.346 e. The van der Waals surface area contributed by atoms with Gasteiger partial charge in [0, 0.05) is 35.4 Å². The number of rotatable bonds is 4. The number of anilines is 1. The monoisotopic (exact) mass is 396 g/mol. The summed E-state index contributed by atoms with van der Waals surface area (Å²) in [6.07, 6.45) is 5.52. The van der Waals surface area contributed by atoms with Gasteiger partial charge in [-0.3, -0.25) is 9.59 Å². The average molecular weight is 396 g/mol. The minimum Gasteiger partial charge on any atom is -0.346 e. The number of fused-ring (bicyclic) bond motifs is 1. The fourth-order valence-corrected chi connectivity index (χ4v) is 4.70. The van der Waals surface area contributed by atoms with Crippen LogP contribution in [-0.2, 0) is 9.59 Å². The van der Waals surface area contributed by atoms with Crippen LogP contribution in [-0.4, -0.2) is 24.1 Å². The van der Waals surface area contributed by atoms with Crippen molar-refractivity contribution in [3.63, 3.8) is 0 Å². The lowest BCUT2D eigenvalue weighted by atomic mass is 10.0. The van der Waals surface area contributed by atoms with E-state index in [9.17, 15) is 14.0 Å². The second-order valence-electron chi connectivity index (χ2n) is 6.95. The fraction of sp³-hybridized carbons (Fsp3) is 0.273. The highest BCUT2D eigenvalue weighted by Crippen LogP contribution is 2.36. The molecule has 2 aromatic rings. The summed E-state index contributed by atoms with van der Waals surface area (Å²) >= 11 is 1.69. The Morgan fingerprint density at radius 1 is 1.21 bits per heavy atom. The van der Waals surface area contributed by atoms with Crippen LogP contribution in [0.4, 0.5) is 10.1 Å². The molecule has 1 unspecified atom stereocenters. The molecule has 2 aliphatic rings. The molecule has 1 saturated heterocycles. The van der Waals surface area contributed by atoms with Crippen LogP contribution in [0.15, 0.2) is 53.4 Å². The Kier molecular flexibility index (Phi) is 5.48. The fourth-order valence-electron chi connectivity index (χ4n) is 3.59. The van der Waals surface area contributed by atoms with Crippen molar-refractivity contribution in [3.8, 4) is 0 Å². The molecule has 0 bridgehead atoms. The minimum atomic E-state index is -0.285. The zero-order chi connectivity index (χ0) is 19.5. The van der Waals surface area contributed by atoms with Gasteiger partial charge in [-0.05, 0) is 60.4 Å². The first-order chi connectivity index (χ1) is 13.6. The molecule has 1 atom stereocenters. The molecule has 4 nitrogen and oxygen atoms in total. The van der Waals surface area contributed by atoms with Gasteiger partial charge in [0.25, 0.3) is 0 Å². The molecule has 0 spiro atoms. The van der Waals surface area contributed by atoms with Crippen LogP contribution in [0.25, 0.3) is 6.08 Å². The summed E-state index contributed by atoms with van der Waals surface area (Å²) in [4.78, 5) is 27.0. The summed E-state index contributed by atoms with van der Waals surface area (Å²) in [5.74, 6) is 0.563. The van der Waals surface area contributed by atoms with E-state index in [-0.39, 0.29) is 23.7 Å². The van der Waals surface area contributed by atoms with Crippen molar-refractivity contribution >= 4 is 35.3 Å². The lowest BCUT2D eigenvalue weighted by Gasteiger charge is -2.25. The Morgan fingerprint density at radius 2 is 2.04 bits per heavy atom. The van der Waals surface area contributed by atoms with Gasteiger partial charge in [-0.15, -0.1) is 11.8 Å². The molecular weight excluding hydrogens is 375 g/mol. The highest BCUT2D eigenvalue weighted by atomic mass is 32.2. The Morgan fingerprint density at radius 3 is 2.79 bits per heavy atom. The van der Waals surface area contributed by atoms with Crippen LogP contribution in [0.3, 0.4) is 0 Å². The van der Waals surface area contributed by atoms with Gasteiger partial charge < -0.3 is 10.2 Å². The Labute approximate surface area is 167 Å². The molecule has 1 N–H and O–H groups in total. The number of carbonyl (C=O) groups excluding carboxylic acids is 2. The lowest BCUT2D eigenvalue weighted by molar-refractivity contribution is -0.117. The summed E-state index contributed by atoms with van der Waals surface area (Å²) in [5.41, 5.74) is 2.62. The first-order valence-corrected chi connectivity index (χ1v) is 10.4. The second-order valence-corrected chi connectivity index (χ2v) is 8.09. The number of thioether (sulfide) groups is 1. The van der Waals surface area contributed by atoms with Gasteiger partial charge in [-0.1, -0.05) is 12.1 Å². The highest BCUT2D eigenvalue weighted by Gasteiger charge is 2.23. The van der Waals surface area contributed by atoms with Crippen LogP contribution in [0, 0.1) is 5.82 Å². The van der Waals surface area contributed by atoms with Crippen molar-refractivity contribution in [1.29, 1.82) is 0 Å². The SMILES string of the molecule is O=C(/C=C/c1ccc(N2CCCC2=O)cc1)NC1CCSc2ccc(F)cc21. The number of nitrogens with one attached hydrogen (secondary N) is 1. The van der Waals surface area contributed by atoms with Crippen molar-refractivity contribution in [1.82, 2.24) is 5.32 Å². The van der Waals surface area contributed by atoms with Crippen molar-refractivity contribution in [2.75, 3.05) is 17.2 Å². The standard InChI is InChI=1S/C22H21FN2O2S/c23-16-6-9-20-18(14-16)19(11-13-28-20)24-21(26)10-5-15-3-7-17(8-4-15)25-12-1-2-22(25)27/h3-10,14,19H,1-2,11-13H2,(H,24,26)/b10-5+. The lowest BCUT2D eigenvalue weighted by Crippen LogP contribution is -2.29. The molecule has 2 aromatic carbocycles. The normalized spacial score (nSPS) is 19.1. The van der Waals surface area contributed by atoms with E-state index in [1.165, 1.54) is 18.2 Å². The van der Waals surface area contributed by atoms with E-state index >= 15 is 0 Å². The number of hydrogen-bond donors (Lipinski definition) is 1. The molecule has 4 rings (SSSR count). The van der Waals surface area contributed by atoms with E-state index < -0.39 is 0 Å². The van der Waals surface area contributed by atoms with E-state index in [1.807, 2.05) is 24.3 Å². The maximum absolute atomic E-state index is 13.6. The third-order valence-electron chi connectivity index (χ3n) is 5.03. The molecule has 28 heavy (non-hydrogen) atoms. The van der Waals surface area contributed by atoms with Gasteiger partial charge in [0.1, 0.15) is 5.82 Å². The number of benzene rings is 2. The van der Waals surface area contributed by atoms with E-state index in [4.69, 9.17) is 0 Å². The van der Waals surface area contributed by atoms with Crippen molar-refractivity contribution in [3.05, 3.63) is 65.5 Å². The van der Waals surface area contributed by atoms with Gasteiger partial charge in [-0.25, -0.2) is 4.39 Å². The first kappa shape index (κ1) is 18.7. The smallest absolute Gasteiger partial charge is 0.244 e. The summed E-state index contributed by atoms with van der Waals surface area (Å²) in [6.45, 7) is 0.762. The zero-order valence-corrected chi connectivity index (χ0v) is 16.2. The Hall–Kier alpha value is -2.60. The molecule has 1 fully saturated rings. The summed E-state index contributed by atoms with van der Waals surface area (Å²) < 4.78 is 13.6. The summed E-state index contributed by atoms with van der Waals surface area (Å²) in [5, 5.41) is 2.98. The van der Waals surface area contributed by atoms with Crippen LogP contribution in [0.2, 0.25) is 0 Å². The molecule has 0 aliphatic carbocycles. The quantitative estimate of drug-likeness (QED) is 0.783. The molecule has 6 heteroatoms. The van der Waals surface area contributed by atoms with E-state index in [1.54, 1.807) is 28.8 Å². The predicted molar refractivity (Wildman–Crippen MR) is 110 cm³/mol. The molecule has 0 aromatic heterocycles. The Balaban J connectivity index is 1.40. The molecule has 0 radical (unpaired) electrons. The average Bonchev–Trinajstić information content (AvgIpc) is 3.13. The van der Waals surface area contributed by atoms with E-state index in [0.717, 1.165) is 46.8 Å². The number of carbonyl (C=O) groups is 2. The predicted octanol–water partition coefficient (Wildman–Crippen LogP) is 4.32. The van der Waals surface area contributed by atoms with E-state index in [2.05, 4.69) is 5.32 Å². The summed E-state index contributed by atoms with van der Waals surface area (Å²) in [7, 11) is 0. The molecule has 144 valence electrons.